The fourth-order valence-corrected chi connectivity index (χ4v) is 4.19. The maximum atomic E-state index is 13.5. The molecule has 0 aliphatic carbocycles. The number of amidine groups is 1. The van der Waals surface area contributed by atoms with Crippen LogP contribution >= 0.6 is 0 Å². The molecule has 0 aromatic heterocycles. The molecule has 0 atom stereocenters. The lowest BCUT2D eigenvalue weighted by atomic mass is 10.1. The number of ether oxygens (including phenoxy) is 1. The Morgan fingerprint density at radius 2 is 1.79 bits per heavy atom. The smallest absolute Gasteiger partial charge is 0.321 e. The van der Waals surface area contributed by atoms with Crippen LogP contribution in [0.1, 0.15) is 17.5 Å². The van der Waals surface area contributed by atoms with E-state index in [0.717, 1.165) is 47.0 Å². The van der Waals surface area contributed by atoms with Crippen molar-refractivity contribution in [3.63, 3.8) is 0 Å². The van der Waals surface area contributed by atoms with Gasteiger partial charge in [0.2, 0.25) is 0 Å². The summed E-state index contributed by atoms with van der Waals surface area (Å²) in [6, 6.07) is 16.7. The van der Waals surface area contributed by atoms with Crippen LogP contribution in [-0.2, 0) is 0 Å². The average molecular weight is 463 g/mol. The summed E-state index contributed by atoms with van der Waals surface area (Å²) in [7, 11) is 0. The van der Waals surface area contributed by atoms with Crippen LogP contribution < -0.4 is 10.1 Å². The largest absolute Gasteiger partial charge is 0.454 e. The van der Waals surface area contributed by atoms with Gasteiger partial charge in [0, 0.05) is 37.9 Å². The maximum Gasteiger partial charge on any atom is 0.321 e. The van der Waals surface area contributed by atoms with Gasteiger partial charge in [0.25, 0.3) is 0 Å². The quantitative estimate of drug-likeness (QED) is 0.505. The Morgan fingerprint density at radius 3 is 2.65 bits per heavy atom. The molecule has 1 saturated heterocycles. The molecule has 1 fully saturated rings. The highest BCUT2D eigenvalue weighted by Crippen LogP contribution is 2.38. The van der Waals surface area contributed by atoms with Crippen molar-refractivity contribution in [2.24, 2.45) is 4.99 Å². The zero-order valence-electron chi connectivity index (χ0n) is 18.7. The summed E-state index contributed by atoms with van der Waals surface area (Å²) >= 11 is 0. The monoisotopic (exact) mass is 462 g/mol. The second-order valence-corrected chi connectivity index (χ2v) is 8.39. The van der Waals surface area contributed by atoms with Crippen LogP contribution in [0.5, 0.6) is 11.5 Å². The topological polar surface area (TPSA) is 57.2 Å². The van der Waals surface area contributed by atoms with E-state index in [0.29, 0.717) is 31.9 Å². The molecule has 1 N–H and O–H groups in total. The lowest BCUT2D eigenvalue weighted by molar-refractivity contribution is 0.214. The molecule has 2 aliphatic rings. The van der Waals surface area contributed by atoms with Crippen LogP contribution in [0, 0.1) is 18.6 Å². The van der Waals surface area contributed by atoms with E-state index in [9.17, 15) is 13.6 Å². The van der Waals surface area contributed by atoms with Gasteiger partial charge in [-0.05, 0) is 49.7 Å². The summed E-state index contributed by atoms with van der Waals surface area (Å²) in [4.78, 5) is 21.6. The van der Waals surface area contributed by atoms with Gasteiger partial charge in [0.15, 0.2) is 17.4 Å². The zero-order valence-corrected chi connectivity index (χ0v) is 18.7. The molecule has 5 rings (SSSR count). The fourth-order valence-electron chi connectivity index (χ4n) is 4.19. The number of para-hydroxylation sites is 2. The number of carbonyl (C=O) groups excluding carboxylic acids is 1. The van der Waals surface area contributed by atoms with Crippen molar-refractivity contribution in [3.8, 4) is 11.5 Å². The van der Waals surface area contributed by atoms with Gasteiger partial charge in [-0.3, -0.25) is 0 Å². The maximum absolute atomic E-state index is 13.5. The van der Waals surface area contributed by atoms with E-state index in [1.165, 1.54) is 6.07 Å². The van der Waals surface area contributed by atoms with Crippen molar-refractivity contribution >= 4 is 23.2 Å². The zero-order chi connectivity index (χ0) is 23.7. The summed E-state index contributed by atoms with van der Waals surface area (Å²) in [6.07, 6.45) is 0.730. The summed E-state index contributed by atoms with van der Waals surface area (Å²) in [5.74, 6) is 0.305. The van der Waals surface area contributed by atoms with Gasteiger partial charge in [-0.15, -0.1) is 0 Å². The van der Waals surface area contributed by atoms with Gasteiger partial charge in [-0.25, -0.2) is 18.6 Å². The molecule has 0 unspecified atom stereocenters. The van der Waals surface area contributed by atoms with Crippen molar-refractivity contribution in [2.75, 3.05) is 31.5 Å². The van der Waals surface area contributed by atoms with Gasteiger partial charge >= 0.3 is 6.03 Å². The number of carbonyl (C=O) groups is 1. The Labute approximate surface area is 196 Å². The van der Waals surface area contributed by atoms with E-state index >= 15 is 0 Å². The first-order chi connectivity index (χ1) is 16.5. The minimum absolute atomic E-state index is 0.219. The first-order valence-corrected chi connectivity index (χ1v) is 11.2. The second-order valence-electron chi connectivity index (χ2n) is 8.39. The van der Waals surface area contributed by atoms with Crippen LogP contribution in [0.4, 0.5) is 25.0 Å². The molecule has 0 spiro atoms. The number of hydrogen-bond donors (Lipinski definition) is 1. The van der Waals surface area contributed by atoms with Crippen molar-refractivity contribution in [1.82, 2.24) is 9.80 Å². The van der Waals surface area contributed by atoms with Gasteiger partial charge in [0.1, 0.15) is 17.3 Å². The molecule has 2 heterocycles. The minimum Gasteiger partial charge on any atom is -0.454 e. The van der Waals surface area contributed by atoms with Crippen molar-refractivity contribution in [3.05, 3.63) is 83.4 Å². The predicted molar refractivity (Wildman–Crippen MR) is 127 cm³/mol. The number of fused-ring (bicyclic) bond motifs is 2. The average Bonchev–Trinajstić information content (AvgIpc) is 3.16. The molecule has 8 heteroatoms. The third-order valence-electron chi connectivity index (χ3n) is 5.94. The third-order valence-corrected chi connectivity index (χ3v) is 5.94. The first kappa shape index (κ1) is 21.9. The number of urea groups is 1. The molecule has 0 radical (unpaired) electrons. The Bertz CT molecular complexity index is 1280. The fraction of sp³-hybridized carbons (Fsp3) is 0.231. The number of nitrogens with one attached hydrogen (secondary N) is 1. The van der Waals surface area contributed by atoms with E-state index in [4.69, 9.17) is 9.73 Å². The van der Waals surface area contributed by atoms with Crippen LogP contribution in [0.15, 0.2) is 65.7 Å². The Kier molecular flexibility index (Phi) is 5.88. The summed E-state index contributed by atoms with van der Waals surface area (Å²) in [6.45, 7) is 4.30. The summed E-state index contributed by atoms with van der Waals surface area (Å²) in [5, 5.41) is 2.66. The molecule has 34 heavy (non-hydrogen) atoms. The number of aryl methyl sites for hydroxylation is 1. The number of rotatable bonds is 1. The molecule has 0 bridgehead atoms. The lowest BCUT2D eigenvalue weighted by Gasteiger charge is -2.25. The minimum atomic E-state index is -0.998. The highest BCUT2D eigenvalue weighted by atomic mass is 19.2. The summed E-state index contributed by atoms with van der Waals surface area (Å²) < 4.78 is 32.9. The van der Waals surface area contributed by atoms with Gasteiger partial charge < -0.3 is 19.9 Å². The van der Waals surface area contributed by atoms with Gasteiger partial charge in [-0.2, -0.15) is 0 Å². The summed E-state index contributed by atoms with van der Waals surface area (Å²) in [5.41, 5.74) is 2.99. The highest BCUT2D eigenvalue weighted by molar-refractivity contribution is 6.04. The molecular weight excluding hydrogens is 438 g/mol. The van der Waals surface area contributed by atoms with Gasteiger partial charge in [0.05, 0.1) is 5.56 Å². The van der Waals surface area contributed by atoms with Crippen molar-refractivity contribution in [1.29, 1.82) is 0 Å². The van der Waals surface area contributed by atoms with Crippen LogP contribution in [0.2, 0.25) is 0 Å². The van der Waals surface area contributed by atoms with E-state index in [1.807, 2.05) is 43.3 Å². The molecule has 2 amide bonds. The number of amides is 2. The normalized spacial score (nSPS) is 15.3. The Morgan fingerprint density at radius 1 is 0.941 bits per heavy atom. The SMILES string of the molecule is Cc1ccc2c(c1)C(N1CCCN(C(=O)Nc3ccc(F)c(F)c3)CC1)=Nc1ccccc1O2. The molecule has 0 saturated carbocycles. The van der Waals surface area contributed by atoms with Gasteiger partial charge in [-0.1, -0.05) is 23.8 Å². The number of halogens is 2. The molecule has 3 aromatic carbocycles. The van der Waals surface area contributed by atoms with Crippen LogP contribution in [0.3, 0.4) is 0 Å². The van der Waals surface area contributed by atoms with E-state index in [1.54, 1.807) is 4.90 Å². The predicted octanol–water partition coefficient (Wildman–Crippen LogP) is 5.70. The first-order valence-electron chi connectivity index (χ1n) is 11.2. The lowest BCUT2D eigenvalue weighted by Crippen LogP contribution is -2.39. The Balaban J connectivity index is 1.37. The van der Waals surface area contributed by atoms with Crippen molar-refractivity contribution < 1.29 is 18.3 Å². The number of hydrogen-bond acceptors (Lipinski definition) is 4. The molecule has 3 aromatic rings. The molecular formula is C26H24F2N4O2. The van der Waals surface area contributed by atoms with Crippen molar-refractivity contribution in [2.45, 2.75) is 13.3 Å². The highest BCUT2D eigenvalue weighted by Gasteiger charge is 2.26. The van der Waals surface area contributed by atoms with E-state index in [2.05, 4.69) is 16.3 Å². The van der Waals surface area contributed by atoms with Crippen LogP contribution in [-0.4, -0.2) is 47.8 Å². The molecule has 6 nitrogen and oxygen atoms in total. The standard InChI is InChI=1S/C26H24F2N4O2/c1-17-7-10-23-19(15-17)25(30-22-5-2-3-6-24(22)34-23)31-11-4-12-32(14-13-31)26(33)29-18-8-9-20(27)21(28)16-18/h2-3,5-10,15-16H,4,11-14H2,1H3,(H,29,33). The third kappa shape index (κ3) is 4.44. The second kappa shape index (κ2) is 9.13. The molecule has 2 aliphatic heterocycles. The van der Waals surface area contributed by atoms with E-state index in [-0.39, 0.29) is 11.7 Å². The number of anilines is 1. The number of benzene rings is 3. The number of nitrogens with zero attached hydrogens (tertiary/aromatic N) is 3. The Hall–Kier alpha value is -3.94. The van der Waals surface area contributed by atoms with Crippen LogP contribution in [0.25, 0.3) is 0 Å². The van der Waals surface area contributed by atoms with E-state index < -0.39 is 11.6 Å². The number of aliphatic imine (C=N–C) groups is 1. The molecule has 174 valence electrons.